The predicted molar refractivity (Wildman–Crippen MR) is 92.8 cm³/mol. The predicted octanol–water partition coefficient (Wildman–Crippen LogP) is 3.57. The summed E-state index contributed by atoms with van der Waals surface area (Å²) in [6.07, 6.45) is 4.61. The molecular weight excluding hydrogens is 310 g/mol. The highest BCUT2D eigenvalue weighted by Crippen LogP contribution is 2.28. The molecule has 0 saturated carbocycles. The average Bonchev–Trinajstić information content (AvgIpc) is 3.11. The van der Waals surface area contributed by atoms with Gasteiger partial charge in [-0.2, -0.15) is 0 Å². The minimum atomic E-state index is 0.365. The number of nitrogens with zero attached hydrogens (tertiary/aromatic N) is 2. The summed E-state index contributed by atoms with van der Waals surface area (Å²) in [5.74, 6) is 0.815. The van der Waals surface area contributed by atoms with Crippen LogP contribution in [0.15, 0.2) is 48.8 Å². The molecule has 0 amide bonds. The van der Waals surface area contributed by atoms with Crippen molar-refractivity contribution in [2.45, 2.75) is 12.5 Å². The van der Waals surface area contributed by atoms with Gasteiger partial charge in [0.1, 0.15) is 11.0 Å². The van der Waals surface area contributed by atoms with E-state index < -0.39 is 0 Å². The van der Waals surface area contributed by atoms with Gasteiger partial charge >= 0.3 is 0 Å². The van der Waals surface area contributed by atoms with Crippen LogP contribution in [-0.2, 0) is 0 Å². The summed E-state index contributed by atoms with van der Waals surface area (Å²) in [4.78, 5) is 8.53. The van der Waals surface area contributed by atoms with E-state index in [1.807, 2.05) is 18.3 Å². The van der Waals surface area contributed by atoms with Crippen LogP contribution in [0.25, 0.3) is 10.8 Å². The van der Waals surface area contributed by atoms with Crippen molar-refractivity contribution in [3.05, 3.63) is 59.5 Å². The number of pyridine rings is 2. The number of anilines is 2. The highest BCUT2D eigenvalue weighted by atomic mass is 35.5. The third-order valence-electron chi connectivity index (χ3n) is 4.02. The Morgan fingerprint density at radius 2 is 2.09 bits per heavy atom. The Bertz CT molecular complexity index is 828. The van der Waals surface area contributed by atoms with Crippen molar-refractivity contribution in [2.75, 3.05) is 11.9 Å². The Hall–Kier alpha value is -2.21. The molecule has 0 aliphatic carbocycles. The van der Waals surface area contributed by atoms with E-state index in [-0.39, 0.29) is 0 Å². The van der Waals surface area contributed by atoms with E-state index in [1.165, 1.54) is 5.56 Å². The number of fused-ring (bicyclic) bond motifs is 1. The van der Waals surface area contributed by atoms with Crippen molar-refractivity contribution in [1.29, 1.82) is 0 Å². The molecule has 1 saturated heterocycles. The Morgan fingerprint density at radius 1 is 1.13 bits per heavy atom. The fourth-order valence-corrected chi connectivity index (χ4v) is 2.95. The van der Waals surface area contributed by atoms with Crippen molar-refractivity contribution in [3.63, 3.8) is 0 Å². The smallest absolute Gasteiger partial charge is 0.138 e. The van der Waals surface area contributed by atoms with Gasteiger partial charge in [0.2, 0.25) is 0 Å². The highest BCUT2D eigenvalue weighted by molar-refractivity contribution is 6.29. The van der Waals surface area contributed by atoms with Crippen LogP contribution < -0.4 is 16.2 Å². The zero-order valence-corrected chi connectivity index (χ0v) is 13.1. The molecule has 3 N–H and O–H groups in total. The lowest BCUT2D eigenvalue weighted by Gasteiger charge is -2.13. The Kier molecular flexibility index (Phi) is 3.83. The van der Waals surface area contributed by atoms with Crippen molar-refractivity contribution in [2.24, 2.45) is 0 Å². The van der Waals surface area contributed by atoms with Crippen molar-refractivity contribution in [1.82, 2.24) is 20.8 Å². The van der Waals surface area contributed by atoms with Crippen LogP contribution in [0.3, 0.4) is 0 Å². The molecule has 0 spiro atoms. The molecule has 4 rings (SSSR count). The molecular formula is C17H16ClN5. The first-order valence-electron chi connectivity index (χ1n) is 7.55. The lowest BCUT2D eigenvalue weighted by atomic mass is 10.0. The van der Waals surface area contributed by atoms with Crippen LogP contribution in [-0.4, -0.2) is 16.5 Å². The number of hydrazine groups is 1. The van der Waals surface area contributed by atoms with Crippen LogP contribution in [0.1, 0.15) is 18.0 Å². The van der Waals surface area contributed by atoms with Gasteiger partial charge in [-0.15, -0.1) is 0 Å². The molecule has 1 aromatic carbocycles. The molecule has 3 heterocycles. The number of hydrogen-bond donors (Lipinski definition) is 3. The molecule has 0 bridgehead atoms. The number of rotatable bonds is 3. The van der Waals surface area contributed by atoms with Gasteiger partial charge in [0.25, 0.3) is 0 Å². The molecule has 116 valence electrons. The van der Waals surface area contributed by atoms with Crippen molar-refractivity contribution in [3.8, 4) is 0 Å². The normalized spacial score (nSPS) is 17.5. The highest BCUT2D eigenvalue weighted by Gasteiger charge is 2.16. The van der Waals surface area contributed by atoms with E-state index >= 15 is 0 Å². The molecule has 0 radical (unpaired) electrons. The second-order valence-corrected chi connectivity index (χ2v) is 5.93. The van der Waals surface area contributed by atoms with Crippen LogP contribution >= 0.6 is 11.6 Å². The molecule has 1 fully saturated rings. The first-order valence-corrected chi connectivity index (χ1v) is 7.93. The summed E-state index contributed by atoms with van der Waals surface area (Å²) >= 11 is 5.82. The standard InChI is InChI=1S/C17H16ClN5/c18-16-4-2-13(10-20-16)22-17-14-3-1-12(15-6-8-21-23-15)9-11(14)5-7-19-17/h1-5,7,9-10,15,21,23H,6,8H2,(H,19,22). The lowest BCUT2D eigenvalue weighted by molar-refractivity contribution is 0.581. The van der Waals surface area contributed by atoms with Crippen molar-refractivity contribution < 1.29 is 0 Å². The monoisotopic (exact) mass is 325 g/mol. The van der Waals surface area contributed by atoms with Gasteiger partial charge in [0, 0.05) is 24.2 Å². The maximum Gasteiger partial charge on any atom is 0.138 e. The molecule has 23 heavy (non-hydrogen) atoms. The summed E-state index contributed by atoms with van der Waals surface area (Å²) in [6, 6.07) is 12.5. The average molecular weight is 326 g/mol. The van der Waals surface area contributed by atoms with Crippen LogP contribution in [0.4, 0.5) is 11.5 Å². The van der Waals surface area contributed by atoms with E-state index in [0.29, 0.717) is 11.2 Å². The molecule has 2 aromatic heterocycles. The van der Waals surface area contributed by atoms with E-state index in [4.69, 9.17) is 11.6 Å². The van der Waals surface area contributed by atoms with Crippen LogP contribution in [0, 0.1) is 0 Å². The zero-order chi connectivity index (χ0) is 15.6. The molecule has 1 atom stereocenters. The number of benzene rings is 1. The summed E-state index contributed by atoms with van der Waals surface area (Å²) in [6.45, 7) is 0.995. The van der Waals surface area contributed by atoms with E-state index in [1.54, 1.807) is 12.3 Å². The van der Waals surface area contributed by atoms with Crippen LogP contribution in [0.2, 0.25) is 5.15 Å². The van der Waals surface area contributed by atoms with E-state index in [0.717, 1.165) is 35.2 Å². The summed E-state index contributed by atoms with van der Waals surface area (Å²) in [5, 5.41) is 6.02. The Morgan fingerprint density at radius 3 is 2.87 bits per heavy atom. The van der Waals surface area contributed by atoms with Crippen molar-refractivity contribution >= 4 is 33.9 Å². The van der Waals surface area contributed by atoms with Gasteiger partial charge < -0.3 is 5.32 Å². The van der Waals surface area contributed by atoms with Gasteiger partial charge in [-0.3, -0.25) is 10.9 Å². The van der Waals surface area contributed by atoms with E-state index in [9.17, 15) is 0 Å². The number of nitrogens with one attached hydrogen (secondary N) is 3. The second kappa shape index (κ2) is 6.12. The molecule has 6 heteroatoms. The Balaban J connectivity index is 1.68. The largest absolute Gasteiger partial charge is 0.338 e. The second-order valence-electron chi connectivity index (χ2n) is 5.55. The van der Waals surface area contributed by atoms with Gasteiger partial charge in [0.15, 0.2) is 0 Å². The minimum Gasteiger partial charge on any atom is -0.338 e. The first-order chi connectivity index (χ1) is 11.3. The lowest BCUT2D eigenvalue weighted by Crippen LogP contribution is -2.24. The zero-order valence-electron chi connectivity index (χ0n) is 12.4. The maximum absolute atomic E-state index is 5.82. The van der Waals surface area contributed by atoms with Gasteiger partial charge in [-0.25, -0.2) is 9.97 Å². The molecule has 5 nitrogen and oxygen atoms in total. The van der Waals surface area contributed by atoms with Crippen LogP contribution in [0.5, 0.6) is 0 Å². The van der Waals surface area contributed by atoms with Gasteiger partial charge in [-0.05, 0) is 41.6 Å². The fraction of sp³-hybridized carbons (Fsp3) is 0.176. The summed E-state index contributed by atoms with van der Waals surface area (Å²) < 4.78 is 0. The molecule has 3 aromatic rings. The third-order valence-corrected chi connectivity index (χ3v) is 4.24. The molecule has 1 aliphatic rings. The third kappa shape index (κ3) is 2.99. The number of aromatic nitrogens is 2. The molecule has 1 unspecified atom stereocenters. The maximum atomic E-state index is 5.82. The number of hydrogen-bond acceptors (Lipinski definition) is 5. The van der Waals surface area contributed by atoms with Gasteiger partial charge in [0.05, 0.1) is 11.9 Å². The minimum absolute atomic E-state index is 0.365. The Labute approximate surface area is 139 Å². The summed E-state index contributed by atoms with van der Waals surface area (Å²) in [5.41, 5.74) is 8.62. The van der Waals surface area contributed by atoms with Gasteiger partial charge in [-0.1, -0.05) is 23.7 Å². The first kappa shape index (κ1) is 14.4. The topological polar surface area (TPSA) is 61.9 Å². The number of halogens is 1. The van der Waals surface area contributed by atoms with E-state index in [2.05, 4.69) is 44.3 Å². The summed E-state index contributed by atoms with van der Waals surface area (Å²) in [7, 11) is 0. The SMILES string of the molecule is Clc1ccc(Nc2nccc3cc(C4CCNN4)ccc23)cn1. The fourth-order valence-electron chi connectivity index (χ4n) is 2.83. The quantitative estimate of drug-likeness (QED) is 0.643. The molecule has 1 aliphatic heterocycles.